The predicted molar refractivity (Wildman–Crippen MR) is 141 cm³/mol. The van der Waals surface area contributed by atoms with Gasteiger partial charge in [0.15, 0.2) is 18.2 Å². The summed E-state index contributed by atoms with van der Waals surface area (Å²) >= 11 is 0. The molecule has 1 N–H and O–H groups in total. The molecule has 4 heterocycles. The van der Waals surface area contributed by atoms with Crippen LogP contribution in [0.3, 0.4) is 0 Å². The van der Waals surface area contributed by atoms with E-state index in [4.69, 9.17) is 14.2 Å². The maximum Gasteiger partial charge on any atom is 0.282 e. The highest BCUT2D eigenvalue weighted by atomic mass is 16.5. The minimum Gasteiger partial charge on any atom is -0.484 e. The molecular formula is C31H34N3O3+. The van der Waals surface area contributed by atoms with Crippen molar-refractivity contribution < 1.29 is 18.8 Å². The molecule has 0 spiro atoms. The molecular weight excluding hydrogens is 462 g/mol. The van der Waals surface area contributed by atoms with Crippen molar-refractivity contribution >= 4 is 0 Å². The van der Waals surface area contributed by atoms with E-state index in [0.29, 0.717) is 29.5 Å². The summed E-state index contributed by atoms with van der Waals surface area (Å²) in [6, 6.07) is 25.5. The van der Waals surface area contributed by atoms with Crippen molar-refractivity contribution in [3.8, 4) is 5.75 Å². The molecule has 37 heavy (non-hydrogen) atoms. The molecule has 0 radical (unpaired) electrons. The highest BCUT2D eigenvalue weighted by molar-refractivity contribution is 5.42. The van der Waals surface area contributed by atoms with Crippen LogP contribution in [0.2, 0.25) is 0 Å². The Kier molecular flexibility index (Phi) is 6.09. The zero-order valence-electron chi connectivity index (χ0n) is 21.5. The lowest BCUT2D eigenvalue weighted by molar-refractivity contribution is -0.959. The first-order valence-electron chi connectivity index (χ1n) is 13.2. The zero-order valence-corrected chi connectivity index (χ0v) is 21.5. The molecule has 0 aliphatic carbocycles. The molecule has 3 aromatic carbocycles. The lowest BCUT2D eigenvalue weighted by atomic mass is 9.83. The van der Waals surface area contributed by atoms with Gasteiger partial charge in [0, 0.05) is 18.8 Å². The Bertz CT molecular complexity index is 1320. The van der Waals surface area contributed by atoms with Crippen LogP contribution in [-0.4, -0.2) is 45.5 Å². The van der Waals surface area contributed by atoms with Crippen molar-refractivity contribution in [2.75, 3.05) is 19.6 Å². The number of fused-ring (bicyclic) bond motifs is 3. The molecule has 3 fully saturated rings. The first kappa shape index (κ1) is 23.9. The number of ether oxygens (including phenoxy) is 1. The summed E-state index contributed by atoms with van der Waals surface area (Å²) in [5.74, 6) is 2.37. The van der Waals surface area contributed by atoms with Gasteiger partial charge in [-0.3, -0.25) is 0 Å². The molecule has 6 heteroatoms. The van der Waals surface area contributed by atoms with E-state index in [9.17, 15) is 5.11 Å². The van der Waals surface area contributed by atoms with Gasteiger partial charge in [-0.2, -0.15) is 4.98 Å². The number of rotatable bonds is 7. The Morgan fingerprint density at radius 2 is 1.57 bits per heavy atom. The number of quaternary nitrogens is 1. The van der Waals surface area contributed by atoms with Crippen molar-refractivity contribution in [2.45, 2.75) is 44.9 Å². The Labute approximate surface area is 218 Å². The third-order valence-corrected chi connectivity index (χ3v) is 8.45. The van der Waals surface area contributed by atoms with E-state index in [-0.39, 0.29) is 11.9 Å². The maximum absolute atomic E-state index is 12.0. The number of aliphatic hydroxyl groups is 1. The van der Waals surface area contributed by atoms with Gasteiger partial charge >= 0.3 is 0 Å². The van der Waals surface area contributed by atoms with Crippen molar-refractivity contribution in [1.82, 2.24) is 10.1 Å². The monoisotopic (exact) mass is 496 g/mol. The summed E-state index contributed by atoms with van der Waals surface area (Å²) in [4.78, 5) is 4.79. The fourth-order valence-corrected chi connectivity index (χ4v) is 6.08. The van der Waals surface area contributed by atoms with Crippen LogP contribution >= 0.6 is 0 Å². The van der Waals surface area contributed by atoms with E-state index in [1.54, 1.807) is 0 Å². The van der Waals surface area contributed by atoms with Crippen LogP contribution in [-0.2, 0) is 12.1 Å². The van der Waals surface area contributed by atoms with Gasteiger partial charge in [0.2, 0.25) is 5.82 Å². The first-order chi connectivity index (χ1) is 18.0. The predicted octanol–water partition coefficient (Wildman–Crippen LogP) is 5.16. The summed E-state index contributed by atoms with van der Waals surface area (Å²) in [7, 11) is 0. The van der Waals surface area contributed by atoms with Crippen LogP contribution in [0.5, 0.6) is 5.75 Å². The molecule has 3 saturated heterocycles. The molecule has 6 nitrogen and oxygen atoms in total. The summed E-state index contributed by atoms with van der Waals surface area (Å²) in [5.41, 5.74) is 2.46. The van der Waals surface area contributed by atoms with Gasteiger partial charge in [0.05, 0.1) is 13.1 Å². The van der Waals surface area contributed by atoms with Gasteiger partial charge in [-0.25, -0.2) is 0 Å². The molecule has 190 valence electrons. The molecule has 0 amide bonds. The number of hydrogen-bond acceptors (Lipinski definition) is 5. The first-order valence-corrected chi connectivity index (χ1v) is 13.2. The molecule has 1 aromatic heterocycles. The lowest BCUT2D eigenvalue weighted by Gasteiger charge is -2.51. The molecule has 2 bridgehead atoms. The number of hydrogen-bond donors (Lipinski definition) is 1. The summed E-state index contributed by atoms with van der Waals surface area (Å²) < 4.78 is 13.2. The molecule has 1 atom stereocenters. The average molecular weight is 497 g/mol. The second-order valence-corrected chi connectivity index (χ2v) is 10.8. The third kappa shape index (κ3) is 4.45. The number of piperidine rings is 3. The van der Waals surface area contributed by atoms with Crippen molar-refractivity contribution in [1.29, 1.82) is 0 Å². The lowest BCUT2D eigenvalue weighted by Crippen LogP contribution is -2.64. The van der Waals surface area contributed by atoms with Crippen LogP contribution < -0.4 is 4.74 Å². The average Bonchev–Trinajstić information content (AvgIpc) is 3.40. The van der Waals surface area contributed by atoms with Crippen LogP contribution in [0.1, 0.15) is 46.8 Å². The molecule has 0 saturated carbocycles. The van der Waals surface area contributed by atoms with E-state index in [1.807, 2.05) is 60.7 Å². The number of aromatic nitrogens is 2. The standard InChI is InChI=1S/C31H34N3O3/c1-22-13-14-27(19-23(22)2)36-28-20-34(17-15-24(28)16-18-34)21-29-32-30(33-37-29)31(35,25-9-5-3-6-10-25)26-11-7-4-8-12-26/h3-14,19,24,28,35H,15-18,20-21H2,1-2H3/q+1/t24?,28-,34?/m0/s1. The van der Waals surface area contributed by atoms with Crippen molar-refractivity contribution in [3.05, 3.63) is 113 Å². The quantitative estimate of drug-likeness (QED) is 0.358. The highest BCUT2D eigenvalue weighted by Gasteiger charge is 2.48. The topological polar surface area (TPSA) is 68.4 Å². The number of nitrogens with zero attached hydrogens (tertiary/aromatic N) is 3. The normalized spacial score (nSPS) is 23.2. The van der Waals surface area contributed by atoms with Crippen LogP contribution in [0.25, 0.3) is 0 Å². The number of benzene rings is 3. The van der Waals surface area contributed by atoms with Crippen LogP contribution in [0, 0.1) is 19.8 Å². The molecule has 3 aliphatic rings. The SMILES string of the molecule is Cc1ccc(O[C@H]2C[N+]3(Cc4nc(C(O)(c5ccccc5)c5ccccc5)no4)CCC2CC3)cc1C. The highest BCUT2D eigenvalue weighted by Crippen LogP contribution is 2.39. The fraction of sp³-hybridized carbons (Fsp3) is 0.355. The van der Waals surface area contributed by atoms with Gasteiger partial charge in [0.25, 0.3) is 5.89 Å². The molecule has 0 unspecified atom stereocenters. The van der Waals surface area contributed by atoms with E-state index in [2.05, 4.69) is 37.2 Å². The van der Waals surface area contributed by atoms with Gasteiger partial charge in [0.1, 0.15) is 12.3 Å². The smallest absolute Gasteiger partial charge is 0.282 e. The molecule has 3 aliphatic heterocycles. The maximum atomic E-state index is 12.0. The van der Waals surface area contributed by atoms with Gasteiger partial charge in [-0.15, -0.1) is 0 Å². The number of aryl methyl sites for hydroxylation is 2. The van der Waals surface area contributed by atoms with E-state index in [1.165, 1.54) is 11.1 Å². The van der Waals surface area contributed by atoms with Gasteiger partial charge in [-0.1, -0.05) is 71.9 Å². The van der Waals surface area contributed by atoms with Gasteiger partial charge < -0.3 is 18.8 Å². The minimum atomic E-state index is -1.49. The Balaban J connectivity index is 1.25. The van der Waals surface area contributed by atoms with Crippen LogP contribution in [0.4, 0.5) is 0 Å². The second kappa shape index (κ2) is 9.43. The minimum absolute atomic E-state index is 0.178. The Hall–Kier alpha value is -3.48. The second-order valence-electron chi connectivity index (χ2n) is 10.8. The van der Waals surface area contributed by atoms with E-state index < -0.39 is 5.60 Å². The van der Waals surface area contributed by atoms with Crippen molar-refractivity contribution in [3.63, 3.8) is 0 Å². The van der Waals surface area contributed by atoms with E-state index >= 15 is 0 Å². The summed E-state index contributed by atoms with van der Waals surface area (Å²) in [6.07, 6.45) is 2.45. The van der Waals surface area contributed by atoms with E-state index in [0.717, 1.165) is 42.7 Å². The summed E-state index contributed by atoms with van der Waals surface area (Å²) in [6.45, 7) is 7.99. The molecule has 7 rings (SSSR count). The van der Waals surface area contributed by atoms with Gasteiger partial charge in [-0.05, 0) is 48.2 Å². The Morgan fingerprint density at radius 3 is 2.19 bits per heavy atom. The van der Waals surface area contributed by atoms with Crippen LogP contribution in [0.15, 0.2) is 83.4 Å². The molecule has 4 aromatic rings. The Morgan fingerprint density at radius 1 is 0.919 bits per heavy atom. The zero-order chi connectivity index (χ0) is 25.5. The van der Waals surface area contributed by atoms with Crippen molar-refractivity contribution in [2.24, 2.45) is 5.92 Å². The summed E-state index contributed by atoms with van der Waals surface area (Å²) in [5, 5.41) is 16.3. The third-order valence-electron chi connectivity index (χ3n) is 8.45. The fourth-order valence-electron chi connectivity index (χ4n) is 6.08. The largest absolute Gasteiger partial charge is 0.484 e.